The molecule has 22 heavy (non-hydrogen) atoms. The Labute approximate surface area is 136 Å². The molecule has 0 radical (unpaired) electrons. The molecule has 2 N–H and O–H groups in total. The lowest BCUT2D eigenvalue weighted by atomic mass is 9.96. The lowest BCUT2D eigenvalue weighted by Crippen LogP contribution is -2.46. The van der Waals surface area contributed by atoms with Crippen LogP contribution in [0.5, 0.6) is 0 Å². The lowest BCUT2D eigenvalue weighted by molar-refractivity contribution is 0.0980. The highest BCUT2D eigenvalue weighted by atomic mass is 32.2. The van der Waals surface area contributed by atoms with Crippen molar-refractivity contribution in [2.24, 2.45) is 0 Å². The number of carbonyl (C=O) groups is 1. The molecule has 5 heteroatoms. The fraction of sp³-hybridized carbons (Fsp3) is 0.588. The number of urea groups is 1. The van der Waals surface area contributed by atoms with Crippen LogP contribution in [-0.2, 0) is 4.74 Å². The van der Waals surface area contributed by atoms with Gasteiger partial charge in [-0.1, -0.05) is 19.1 Å². The summed E-state index contributed by atoms with van der Waals surface area (Å²) in [4.78, 5) is 13.4. The number of carbonyl (C=O) groups excluding carboxylic acids is 1. The molecule has 3 rings (SSSR count). The summed E-state index contributed by atoms with van der Waals surface area (Å²) in [6.45, 7) is 4.16. The molecule has 1 aromatic carbocycles. The Morgan fingerprint density at radius 2 is 2.14 bits per heavy atom. The van der Waals surface area contributed by atoms with Crippen molar-refractivity contribution >= 4 is 17.8 Å². The van der Waals surface area contributed by atoms with Crippen molar-refractivity contribution < 1.29 is 9.53 Å². The van der Waals surface area contributed by atoms with Crippen molar-refractivity contribution in [2.45, 2.75) is 62.3 Å². The largest absolute Gasteiger partial charge is 0.373 e. The number of hydrogen-bond donors (Lipinski definition) is 2. The summed E-state index contributed by atoms with van der Waals surface area (Å²) in [5, 5.41) is 6.09. The van der Waals surface area contributed by atoms with Gasteiger partial charge in [0.15, 0.2) is 0 Å². The van der Waals surface area contributed by atoms with E-state index < -0.39 is 0 Å². The second kappa shape index (κ2) is 6.92. The van der Waals surface area contributed by atoms with Gasteiger partial charge < -0.3 is 15.4 Å². The monoisotopic (exact) mass is 320 g/mol. The highest BCUT2D eigenvalue weighted by Crippen LogP contribution is 2.34. The van der Waals surface area contributed by atoms with E-state index in [1.807, 2.05) is 18.7 Å². The molecule has 2 heterocycles. The number of nitrogens with one attached hydrogen (secondary N) is 2. The molecule has 0 aliphatic carbocycles. The zero-order chi connectivity index (χ0) is 15.5. The quantitative estimate of drug-likeness (QED) is 0.817. The topological polar surface area (TPSA) is 50.4 Å². The van der Waals surface area contributed by atoms with E-state index >= 15 is 0 Å². The summed E-state index contributed by atoms with van der Waals surface area (Å²) >= 11 is 1.82. The van der Waals surface area contributed by atoms with Crippen LogP contribution in [0.25, 0.3) is 0 Å². The minimum atomic E-state index is -0.0966. The van der Waals surface area contributed by atoms with Crippen LogP contribution >= 0.6 is 11.8 Å². The maximum Gasteiger partial charge on any atom is 0.315 e. The molecule has 2 saturated heterocycles. The summed E-state index contributed by atoms with van der Waals surface area (Å²) in [5.41, 5.74) is 1.12. The van der Waals surface area contributed by atoms with Crippen LogP contribution in [0.15, 0.2) is 29.2 Å². The molecule has 2 amide bonds. The van der Waals surface area contributed by atoms with Gasteiger partial charge in [-0.3, -0.25) is 0 Å². The van der Waals surface area contributed by atoms with E-state index in [4.69, 9.17) is 4.74 Å². The van der Waals surface area contributed by atoms with Gasteiger partial charge in [-0.05, 0) is 49.6 Å². The molecule has 4 atom stereocenters. The molecular weight excluding hydrogens is 296 g/mol. The minimum Gasteiger partial charge on any atom is -0.373 e. The number of benzene rings is 1. The number of amides is 2. The minimum absolute atomic E-state index is 0.000172. The van der Waals surface area contributed by atoms with Crippen LogP contribution in [0.1, 0.15) is 44.7 Å². The van der Waals surface area contributed by atoms with Gasteiger partial charge in [0.05, 0.1) is 24.3 Å². The first-order valence-electron chi connectivity index (χ1n) is 8.11. The summed E-state index contributed by atoms with van der Waals surface area (Å²) in [6, 6.07) is 8.48. The molecule has 0 spiro atoms. The Hall–Kier alpha value is -1.20. The van der Waals surface area contributed by atoms with Crippen molar-refractivity contribution in [2.75, 3.05) is 5.75 Å². The summed E-state index contributed by atoms with van der Waals surface area (Å²) in [7, 11) is 0. The van der Waals surface area contributed by atoms with Crippen molar-refractivity contribution in [3.8, 4) is 0 Å². The van der Waals surface area contributed by atoms with Gasteiger partial charge >= 0.3 is 6.03 Å². The smallest absolute Gasteiger partial charge is 0.315 e. The maximum absolute atomic E-state index is 12.1. The highest BCUT2D eigenvalue weighted by Gasteiger charge is 2.41. The van der Waals surface area contributed by atoms with Crippen molar-refractivity contribution in [1.29, 1.82) is 0 Å². The van der Waals surface area contributed by atoms with Gasteiger partial charge in [-0.25, -0.2) is 4.79 Å². The van der Waals surface area contributed by atoms with Crippen molar-refractivity contribution in [3.63, 3.8) is 0 Å². The number of thioether (sulfide) groups is 1. The average molecular weight is 320 g/mol. The van der Waals surface area contributed by atoms with Gasteiger partial charge in [0, 0.05) is 4.90 Å². The summed E-state index contributed by atoms with van der Waals surface area (Å²) < 4.78 is 5.77. The van der Waals surface area contributed by atoms with Gasteiger partial charge in [0.2, 0.25) is 0 Å². The first kappa shape index (κ1) is 15.7. The van der Waals surface area contributed by atoms with Gasteiger partial charge in [-0.2, -0.15) is 0 Å². The molecule has 4 nitrogen and oxygen atoms in total. The molecule has 120 valence electrons. The van der Waals surface area contributed by atoms with E-state index in [2.05, 4.69) is 41.8 Å². The molecule has 2 fully saturated rings. The van der Waals surface area contributed by atoms with Crippen molar-refractivity contribution in [1.82, 2.24) is 10.6 Å². The van der Waals surface area contributed by atoms with Gasteiger partial charge in [0.25, 0.3) is 0 Å². The molecule has 0 saturated carbocycles. The van der Waals surface area contributed by atoms with Crippen LogP contribution < -0.4 is 10.6 Å². The molecule has 2 bridgehead atoms. The lowest BCUT2D eigenvalue weighted by Gasteiger charge is -2.22. The van der Waals surface area contributed by atoms with Gasteiger partial charge in [-0.15, -0.1) is 11.8 Å². The van der Waals surface area contributed by atoms with Crippen LogP contribution in [0, 0.1) is 0 Å². The number of rotatable bonds is 5. The first-order valence-corrected chi connectivity index (χ1v) is 9.09. The van der Waals surface area contributed by atoms with E-state index in [-0.39, 0.29) is 24.2 Å². The second-order valence-corrected chi connectivity index (χ2v) is 7.40. The normalized spacial score (nSPS) is 27.6. The Morgan fingerprint density at radius 1 is 1.36 bits per heavy atom. The third-order valence-corrected chi connectivity index (χ3v) is 5.36. The standard InChI is InChI=1S/C17H24N2O2S/c1-3-22-14-7-4-12(5-8-14)11(2)18-17(20)19-15-10-13-6-9-16(15)21-13/h4-5,7-8,11,13,15-16H,3,6,9-10H2,1-2H3,(H2,18,19,20)/t11-,13-,15-,16-/m1/s1. The molecular formula is C17H24N2O2S. The van der Waals surface area contributed by atoms with Crippen LogP contribution in [-0.4, -0.2) is 30.0 Å². The Kier molecular flexibility index (Phi) is 4.93. The predicted molar refractivity (Wildman–Crippen MR) is 89.2 cm³/mol. The fourth-order valence-electron chi connectivity index (χ4n) is 3.30. The maximum atomic E-state index is 12.1. The SMILES string of the molecule is CCSc1ccc([C@@H](C)NC(=O)N[C@@H]2C[C@H]3CC[C@H]2O3)cc1. The van der Waals surface area contributed by atoms with E-state index in [9.17, 15) is 4.79 Å². The summed E-state index contributed by atoms with van der Waals surface area (Å²) in [5.74, 6) is 1.07. The fourth-order valence-corrected chi connectivity index (χ4v) is 3.96. The van der Waals surface area contributed by atoms with E-state index in [1.165, 1.54) is 4.90 Å². The molecule has 1 aromatic rings. The summed E-state index contributed by atoms with van der Waals surface area (Å²) in [6.07, 6.45) is 3.74. The predicted octanol–water partition coefficient (Wildman–Crippen LogP) is 3.48. The van der Waals surface area contributed by atoms with E-state index in [1.54, 1.807) is 0 Å². The zero-order valence-corrected chi connectivity index (χ0v) is 14.0. The third kappa shape index (κ3) is 3.58. The third-order valence-electron chi connectivity index (χ3n) is 4.46. The second-order valence-electron chi connectivity index (χ2n) is 6.06. The number of hydrogen-bond acceptors (Lipinski definition) is 3. The average Bonchev–Trinajstić information content (AvgIpc) is 3.10. The van der Waals surface area contributed by atoms with Crippen LogP contribution in [0.4, 0.5) is 4.79 Å². The Balaban J connectivity index is 1.50. The Morgan fingerprint density at radius 3 is 2.73 bits per heavy atom. The van der Waals surface area contributed by atoms with Crippen LogP contribution in [0.2, 0.25) is 0 Å². The van der Waals surface area contributed by atoms with E-state index in [0.717, 1.165) is 30.6 Å². The molecule has 0 unspecified atom stereocenters. The first-order chi connectivity index (χ1) is 10.7. The zero-order valence-electron chi connectivity index (χ0n) is 13.2. The molecule has 0 aromatic heterocycles. The molecule has 2 aliphatic heterocycles. The van der Waals surface area contributed by atoms with Crippen molar-refractivity contribution in [3.05, 3.63) is 29.8 Å². The highest BCUT2D eigenvalue weighted by molar-refractivity contribution is 7.99. The van der Waals surface area contributed by atoms with E-state index in [0.29, 0.717) is 6.10 Å². The Bertz CT molecular complexity index is 520. The molecule has 2 aliphatic rings. The number of fused-ring (bicyclic) bond motifs is 2. The van der Waals surface area contributed by atoms with Crippen LogP contribution in [0.3, 0.4) is 0 Å². The number of ether oxygens (including phenoxy) is 1. The van der Waals surface area contributed by atoms with Gasteiger partial charge in [0.1, 0.15) is 0 Å².